The molecular weight excluding hydrogens is 246 g/mol. The van der Waals surface area contributed by atoms with E-state index >= 15 is 0 Å². The van der Waals surface area contributed by atoms with Gasteiger partial charge in [-0.3, -0.25) is 5.32 Å². The summed E-state index contributed by atoms with van der Waals surface area (Å²) in [6.07, 6.45) is 9.86. The maximum atomic E-state index is 9.54. The zero-order chi connectivity index (χ0) is 14.4. The van der Waals surface area contributed by atoms with Gasteiger partial charge in [0.1, 0.15) is 5.54 Å². The van der Waals surface area contributed by atoms with Crippen LogP contribution in [0, 0.1) is 17.2 Å². The molecule has 114 valence electrons. The van der Waals surface area contributed by atoms with Gasteiger partial charge in [-0.25, -0.2) is 0 Å². The van der Waals surface area contributed by atoms with Crippen LogP contribution in [0.3, 0.4) is 0 Å². The van der Waals surface area contributed by atoms with Crippen molar-refractivity contribution in [1.29, 1.82) is 5.26 Å². The van der Waals surface area contributed by atoms with Crippen LogP contribution in [0.5, 0.6) is 0 Å². The Morgan fingerprint density at radius 2 is 2.00 bits per heavy atom. The fourth-order valence-corrected chi connectivity index (χ4v) is 3.16. The first-order chi connectivity index (χ1) is 9.71. The molecule has 0 bridgehead atoms. The zero-order valence-corrected chi connectivity index (χ0v) is 13.3. The molecule has 0 aliphatic heterocycles. The van der Waals surface area contributed by atoms with Crippen LogP contribution in [0.4, 0.5) is 0 Å². The van der Waals surface area contributed by atoms with Gasteiger partial charge in [0.25, 0.3) is 0 Å². The first-order valence-corrected chi connectivity index (χ1v) is 8.62. The van der Waals surface area contributed by atoms with Crippen molar-refractivity contribution in [2.75, 3.05) is 19.6 Å². The normalized spacial score (nSPS) is 22.3. The number of nitrogens with one attached hydrogen (secondary N) is 1. The lowest BCUT2D eigenvalue weighted by Crippen LogP contribution is -2.45. The lowest BCUT2D eigenvalue weighted by molar-refractivity contribution is 0.177. The predicted molar refractivity (Wildman–Crippen MR) is 83.5 cm³/mol. The van der Waals surface area contributed by atoms with Crippen molar-refractivity contribution in [3.63, 3.8) is 0 Å². The minimum Gasteiger partial charge on any atom is -0.303 e. The van der Waals surface area contributed by atoms with Crippen LogP contribution < -0.4 is 5.32 Å². The molecule has 0 saturated heterocycles. The van der Waals surface area contributed by atoms with Gasteiger partial charge in [0, 0.05) is 12.6 Å². The van der Waals surface area contributed by atoms with Gasteiger partial charge in [0.15, 0.2) is 0 Å². The van der Waals surface area contributed by atoms with E-state index in [4.69, 9.17) is 0 Å². The zero-order valence-electron chi connectivity index (χ0n) is 13.3. The summed E-state index contributed by atoms with van der Waals surface area (Å²) in [6.45, 7) is 7.99. The molecule has 2 fully saturated rings. The van der Waals surface area contributed by atoms with Crippen molar-refractivity contribution >= 4 is 0 Å². The summed E-state index contributed by atoms with van der Waals surface area (Å²) in [5.74, 6) is 0.950. The van der Waals surface area contributed by atoms with Crippen LogP contribution in [0.15, 0.2) is 0 Å². The Hall–Kier alpha value is -0.590. The van der Waals surface area contributed by atoms with Gasteiger partial charge in [-0.2, -0.15) is 5.26 Å². The monoisotopic (exact) mass is 277 g/mol. The third-order valence-corrected chi connectivity index (χ3v) is 5.14. The summed E-state index contributed by atoms with van der Waals surface area (Å²) < 4.78 is 0. The van der Waals surface area contributed by atoms with E-state index in [2.05, 4.69) is 30.1 Å². The maximum absolute atomic E-state index is 9.54. The van der Waals surface area contributed by atoms with Crippen LogP contribution in [0.25, 0.3) is 0 Å². The van der Waals surface area contributed by atoms with Gasteiger partial charge in [0.05, 0.1) is 6.07 Å². The van der Waals surface area contributed by atoms with Gasteiger partial charge in [-0.05, 0) is 64.0 Å². The molecule has 1 N–H and O–H groups in total. The van der Waals surface area contributed by atoms with E-state index in [0.717, 1.165) is 38.3 Å². The van der Waals surface area contributed by atoms with Gasteiger partial charge in [-0.15, -0.1) is 0 Å². The Morgan fingerprint density at radius 1 is 1.25 bits per heavy atom. The number of hydrogen-bond acceptors (Lipinski definition) is 3. The summed E-state index contributed by atoms with van der Waals surface area (Å²) in [4.78, 5) is 2.58. The minimum absolute atomic E-state index is 0.267. The van der Waals surface area contributed by atoms with Crippen molar-refractivity contribution < 1.29 is 0 Å². The van der Waals surface area contributed by atoms with E-state index in [1.807, 2.05) is 0 Å². The second-order valence-corrected chi connectivity index (χ2v) is 6.76. The van der Waals surface area contributed by atoms with Gasteiger partial charge in [0.2, 0.25) is 0 Å². The summed E-state index contributed by atoms with van der Waals surface area (Å²) in [5, 5.41) is 13.1. The molecule has 2 saturated carbocycles. The van der Waals surface area contributed by atoms with Crippen LogP contribution in [-0.2, 0) is 0 Å². The molecule has 2 aliphatic carbocycles. The highest BCUT2D eigenvalue weighted by Gasteiger charge is 2.34. The molecule has 0 aromatic heterocycles. The molecule has 3 nitrogen and oxygen atoms in total. The van der Waals surface area contributed by atoms with Crippen molar-refractivity contribution in [3.05, 3.63) is 0 Å². The molecular formula is C17H31N3. The molecule has 0 radical (unpaired) electrons. The summed E-state index contributed by atoms with van der Waals surface area (Å²) >= 11 is 0. The fraction of sp³-hybridized carbons (Fsp3) is 0.941. The van der Waals surface area contributed by atoms with Crippen LogP contribution >= 0.6 is 0 Å². The van der Waals surface area contributed by atoms with Gasteiger partial charge in [-0.1, -0.05) is 20.3 Å². The molecule has 0 heterocycles. The van der Waals surface area contributed by atoms with E-state index in [0.29, 0.717) is 6.04 Å². The summed E-state index contributed by atoms with van der Waals surface area (Å²) in [7, 11) is 0. The lowest BCUT2D eigenvalue weighted by atomic mass is 9.85. The molecule has 2 rings (SSSR count). The molecule has 20 heavy (non-hydrogen) atoms. The Morgan fingerprint density at radius 3 is 2.45 bits per heavy atom. The topological polar surface area (TPSA) is 39.1 Å². The Balaban J connectivity index is 1.71. The van der Waals surface area contributed by atoms with Crippen molar-refractivity contribution in [3.8, 4) is 6.07 Å². The average molecular weight is 277 g/mol. The standard InChI is InChI=1S/C17H31N3/c1-3-17(14-18,19-16-9-10-16)11-6-12-20(4-2)13-15-7-5-8-15/h15-16,19H,3-13H2,1-2H3. The fourth-order valence-electron chi connectivity index (χ4n) is 3.16. The summed E-state index contributed by atoms with van der Waals surface area (Å²) in [5.41, 5.74) is -0.267. The molecule has 1 atom stereocenters. The third-order valence-electron chi connectivity index (χ3n) is 5.14. The molecule has 0 spiro atoms. The number of rotatable bonds is 10. The van der Waals surface area contributed by atoms with Gasteiger partial charge < -0.3 is 4.90 Å². The SMILES string of the molecule is CCN(CCCC(C#N)(CC)NC1CC1)CC1CCC1. The molecule has 0 amide bonds. The first-order valence-electron chi connectivity index (χ1n) is 8.62. The van der Waals surface area contributed by atoms with E-state index in [-0.39, 0.29) is 5.54 Å². The van der Waals surface area contributed by atoms with E-state index in [1.165, 1.54) is 38.6 Å². The average Bonchev–Trinajstić information content (AvgIpc) is 3.23. The van der Waals surface area contributed by atoms with Crippen LogP contribution in [-0.4, -0.2) is 36.1 Å². The smallest absolute Gasteiger partial charge is 0.106 e. The van der Waals surface area contributed by atoms with Crippen molar-refractivity contribution in [2.45, 2.75) is 76.8 Å². The highest BCUT2D eigenvalue weighted by Crippen LogP contribution is 2.28. The van der Waals surface area contributed by atoms with E-state index in [9.17, 15) is 5.26 Å². The quantitative estimate of drug-likeness (QED) is 0.666. The largest absolute Gasteiger partial charge is 0.303 e. The Bertz CT molecular complexity index is 328. The highest BCUT2D eigenvalue weighted by atomic mass is 15.1. The highest BCUT2D eigenvalue weighted by molar-refractivity contribution is 5.09. The van der Waals surface area contributed by atoms with E-state index < -0.39 is 0 Å². The van der Waals surface area contributed by atoms with Gasteiger partial charge >= 0.3 is 0 Å². The maximum Gasteiger partial charge on any atom is 0.106 e. The third kappa shape index (κ3) is 4.46. The van der Waals surface area contributed by atoms with E-state index in [1.54, 1.807) is 0 Å². The van der Waals surface area contributed by atoms with Crippen LogP contribution in [0.1, 0.15) is 65.2 Å². The first kappa shape index (κ1) is 15.8. The lowest BCUT2D eigenvalue weighted by Gasteiger charge is -2.33. The Kier molecular flexibility index (Phi) is 5.86. The number of nitriles is 1. The molecule has 3 heteroatoms. The molecule has 0 aromatic rings. The second kappa shape index (κ2) is 7.43. The second-order valence-electron chi connectivity index (χ2n) is 6.76. The van der Waals surface area contributed by atoms with Crippen LogP contribution in [0.2, 0.25) is 0 Å². The predicted octanol–water partition coefficient (Wildman–Crippen LogP) is 3.31. The number of nitrogens with zero attached hydrogens (tertiary/aromatic N) is 2. The molecule has 0 aromatic carbocycles. The molecule has 2 aliphatic rings. The van der Waals surface area contributed by atoms with Crippen molar-refractivity contribution in [1.82, 2.24) is 10.2 Å². The number of hydrogen-bond donors (Lipinski definition) is 1. The molecule has 1 unspecified atom stereocenters. The summed E-state index contributed by atoms with van der Waals surface area (Å²) in [6, 6.07) is 3.18. The van der Waals surface area contributed by atoms with Crippen molar-refractivity contribution in [2.24, 2.45) is 5.92 Å². The Labute approximate surface area is 124 Å². The minimum atomic E-state index is -0.267.